The lowest BCUT2D eigenvalue weighted by Crippen LogP contribution is -2.53. The van der Waals surface area contributed by atoms with Crippen LogP contribution in [-0.4, -0.2) is 55.4 Å². The highest BCUT2D eigenvalue weighted by Crippen LogP contribution is 2.31. The number of alkyl halides is 3. The summed E-state index contributed by atoms with van der Waals surface area (Å²) in [4.78, 5) is 24.9. The van der Waals surface area contributed by atoms with Crippen molar-refractivity contribution in [3.05, 3.63) is 35.4 Å². The van der Waals surface area contributed by atoms with Crippen molar-refractivity contribution in [2.45, 2.75) is 82.9 Å². The summed E-state index contributed by atoms with van der Waals surface area (Å²) in [7, 11) is -3.44. The highest BCUT2D eigenvalue weighted by atomic mass is 32.2. The fraction of sp³-hybridized carbons (Fsp3) is 0.667. The molecule has 7 nitrogen and oxygen atoms in total. The maximum Gasteiger partial charge on any atom is 0.416 e. The van der Waals surface area contributed by atoms with Gasteiger partial charge in [-0.05, 0) is 64.2 Å². The van der Waals surface area contributed by atoms with E-state index >= 15 is 0 Å². The number of hydrogen-bond acceptors (Lipinski definition) is 5. The smallest absolute Gasteiger partial charge is 0.352 e. The number of amides is 2. The first-order valence-corrected chi connectivity index (χ1v) is 13.4. The minimum atomic E-state index is -4.58. The Bertz CT molecular complexity index is 1000. The molecule has 0 spiro atoms. The molecule has 2 rings (SSSR count). The van der Waals surface area contributed by atoms with Gasteiger partial charge in [-0.3, -0.25) is 9.59 Å². The van der Waals surface area contributed by atoms with Gasteiger partial charge in [0, 0.05) is 23.7 Å². The van der Waals surface area contributed by atoms with E-state index in [9.17, 15) is 31.2 Å². The average Bonchev–Trinajstić information content (AvgIpc) is 2.72. The lowest BCUT2D eigenvalue weighted by molar-refractivity contribution is -0.137. The van der Waals surface area contributed by atoms with Gasteiger partial charge >= 0.3 is 6.18 Å². The van der Waals surface area contributed by atoms with Crippen LogP contribution in [0.15, 0.2) is 24.3 Å². The van der Waals surface area contributed by atoms with Gasteiger partial charge in [-0.15, -0.1) is 0 Å². The minimum absolute atomic E-state index is 0.0751. The molecule has 35 heavy (non-hydrogen) atoms. The largest absolute Gasteiger partial charge is 0.416 e. The predicted octanol–water partition coefficient (Wildman–Crippen LogP) is 3.30. The monoisotopic (exact) mass is 519 g/mol. The Balaban J connectivity index is 2.04. The van der Waals surface area contributed by atoms with Crippen LogP contribution < -0.4 is 16.0 Å². The first-order valence-electron chi connectivity index (χ1n) is 11.7. The first kappa shape index (κ1) is 29.1. The van der Waals surface area contributed by atoms with Gasteiger partial charge in [0.15, 0.2) is 9.84 Å². The molecule has 1 fully saturated rings. The summed E-state index contributed by atoms with van der Waals surface area (Å²) >= 11 is 0. The highest BCUT2D eigenvalue weighted by Gasteiger charge is 2.38. The van der Waals surface area contributed by atoms with Gasteiger partial charge in [-0.2, -0.15) is 13.2 Å². The number of hydrogen-bond donors (Lipinski definition) is 3. The molecule has 3 atom stereocenters. The number of rotatable bonds is 8. The standard InChI is InChI=1S/C24H36F3N3O4S/c1-15(2)29-19-9-10-20(17(12-19)14-35(33,34)23(3,4)5)30-21(31)13-28-22(32)16-7-6-8-18(11-16)24(25,26)27/h6-8,11,15,17,19-20,29H,9-10,12-14H2,1-5H3,(H,28,32)(H,30,31)/t17-,19-,20+/m1/s1. The molecule has 0 aliphatic heterocycles. The Morgan fingerprint density at radius 2 is 1.77 bits per heavy atom. The van der Waals surface area contributed by atoms with Crippen LogP contribution in [0.4, 0.5) is 13.2 Å². The van der Waals surface area contributed by atoms with Crippen LogP contribution in [0.2, 0.25) is 0 Å². The lowest BCUT2D eigenvalue weighted by Gasteiger charge is -2.38. The summed E-state index contributed by atoms with van der Waals surface area (Å²) in [6.45, 7) is 8.53. The summed E-state index contributed by atoms with van der Waals surface area (Å²) in [5.74, 6) is -1.71. The van der Waals surface area contributed by atoms with Gasteiger partial charge in [0.2, 0.25) is 5.91 Å². The van der Waals surface area contributed by atoms with Crippen LogP contribution in [0.1, 0.15) is 69.8 Å². The Kier molecular flexibility index (Phi) is 9.38. The van der Waals surface area contributed by atoms with E-state index in [1.165, 1.54) is 6.07 Å². The van der Waals surface area contributed by atoms with Crippen LogP contribution >= 0.6 is 0 Å². The molecule has 3 N–H and O–H groups in total. The van der Waals surface area contributed by atoms with E-state index in [1.54, 1.807) is 20.8 Å². The lowest BCUT2D eigenvalue weighted by atomic mass is 9.82. The van der Waals surface area contributed by atoms with Crippen LogP contribution in [0.5, 0.6) is 0 Å². The van der Waals surface area contributed by atoms with Crippen molar-refractivity contribution in [2.24, 2.45) is 5.92 Å². The van der Waals surface area contributed by atoms with Crippen molar-refractivity contribution in [1.82, 2.24) is 16.0 Å². The topological polar surface area (TPSA) is 104 Å². The third-order valence-corrected chi connectivity index (χ3v) is 8.86. The van der Waals surface area contributed by atoms with Gasteiger partial charge in [-0.25, -0.2) is 8.42 Å². The Hall–Kier alpha value is -2.14. The second kappa shape index (κ2) is 11.3. The van der Waals surface area contributed by atoms with Gasteiger partial charge in [0.05, 0.1) is 22.6 Å². The number of halogens is 3. The van der Waals surface area contributed by atoms with Gasteiger partial charge in [-0.1, -0.05) is 19.9 Å². The van der Waals surface area contributed by atoms with Crippen molar-refractivity contribution in [3.63, 3.8) is 0 Å². The number of benzene rings is 1. The van der Waals surface area contributed by atoms with Crippen molar-refractivity contribution in [3.8, 4) is 0 Å². The maximum atomic E-state index is 12.9. The predicted molar refractivity (Wildman–Crippen MR) is 129 cm³/mol. The minimum Gasteiger partial charge on any atom is -0.352 e. The Labute approximate surface area is 205 Å². The fourth-order valence-electron chi connectivity index (χ4n) is 4.15. The van der Waals surface area contributed by atoms with Crippen LogP contribution in [0, 0.1) is 5.92 Å². The van der Waals surface area contributed by atoms with E-state index < -0.39 is 50.7 Å². The molecular weight excluding hydrogens is 483 g/mol. The zero-order chi connectivity index (χ0) is 26.6. The SMILES string of the molecule is CC(C)N[C@@H]1CC[C@H](NC(=O)CNC(=O)c2cccc(C(F)(F)F)c2)[C@@H](CS(=O)(=O)C(C)(C)C)C1. The van der Waals surface area contributed by atoms with Crippen molar-refractivity contribution in [2.75, 3.05) is 12.3 Å². The number of nitrogens with one attached hydrogen (secondary N) is 3. The van der Waals surface area contributed by atoms with Crippen molar-refractivity contribution >= 4 is 21.7 Å². The molecule has 1 aliphatic rings. The summed E-state index contributed by atoms with van der Waals surface area (Å²) < 4.78 is 63.5. The van der Waals surface area contributed by atoms with Crippen molar-refractivity contribution in [1.29, 1.82) is 0 Å². The molecular formula is C24H36F3N3O4S. The van der Waals surface area contributed by atoms with E-state index in [0.29, 0.717) is 12.8 Å². The third kappa shape index (κ3) is 8.49. The number of carbonyl (C=O) groups is 2. The molecule has 198 valence electrons. The fourth-order valence-corrected chi connectivity index (χ4v) is 5.58. The van der Waals surface area contributed by atoms with Crippen molar-refractivity contribution < 1.29 is 31.2 Å². The Morgan fingerprint density at radius 1 is 1.11 bits per heavy atom. The zero-order valence-electron chi connectivity index (χ0n) is 20.8. The molecule has 0 aromatic heterocycles. The van der Waals surface area contributed by atoms with E-state index in [0.717, 1.165) is 24.6 Å². The molecule has 1 aliphatic carbocycles. The summed E-state index contributed by atoms with van der Waals surface area (Å²) in [6.07, 6.45) is -2.68. The second-order valence-electron chi connectivity index (χ2n) is 10.4. The second-order valence-corrected chi connectivity index (χ2v) is 13.2. The molecule has 1 saturated carbocycles. The van der Waals surface area contributed by atoms with Gasteiger partial charge in [0.25, 0.3) is 5.91 Å². The van der Waals surface area contributed by atoms with E-state index in [4.69, 9.17) is 0 Å². The summed E-state index contributed by atoms with van der Waals surface area (Å²) in [6, 6.07) is 3.92. The third-order valence-electron chi connectivity index (χ3n) is 6.13. The highest BCUT2D eigenvalue weighted by molar-refractivity contribution is 7.92. The molecule has 1 aromatic rings. The quantitative estimate of drug-likeness (QED) is 0.489. The van der Waals surface area contributed by atoms with Crippen LogP contribution in [-0.2, 0) is 20.8 Å². The number of sulfone groups is 1. The number of carbonyl (C=O) groups excluding carboxylic acids is 2. The van der Waals surface area contributed by atoms with E-state index in [1.807, 2.05) is 13.8 Å². The molecule has 2 amide bonds. The Morgan fingerprint density at radius 3 is 2.34 bits per heavy atom. The van der Waals surface area contributed by atoms with E-state index in [-0.39, 0.29) is 29.3 Å². The molecule has 11 heteroatoms. The molecule has 0 bridgehead atoms. The normalized spacial score (nSPS) is 21.6. The molecule has 1 aromatic carbocycles. The molecule has 0 radical (unpaired) electrons. The van der Waals surface area contributed by atoms with E-state index in [2.05, 4.69) is 16.0 Å². The van der Waals surface area contributed by atoms with Crippen LogP contribution in [0.3, 0.4) is 0 Å². The summed E-state index contributed by atoms with van der Waals surface area (Å²) in [5.41, 5.74) is -1.16. The molecule has 0 heterocycles. The van der Waals surface area contributed by atoms with Gasteiger partial charge in [0.1, 0.15) is 0 Å². The average molecular weight is 520 g/mol. The first-order chi connectivity index (χ1) is 16.0. The maximum absolute atomic E-state index is 12.9. The van der Waals surface area contributed by atoms with Gasteiger partial charge < -0.3 is 16.0 Å². The van der Waals surface area contributed by atoms with Crippen LogP contribution in [0.25, 0.3) is 0 Å². The summed E-state index contributed by atoms with van der Waals surface area (Å²) in [5, 5.41) is 8.61. The molecule has 0 saturated heterocycles. The molecule has 0 unspecified atom stereocenters. The zero-order valence-corrected chi connectivity index (χ0v) is 21.6.